The topological polar surface area (TPSA) is 42.4 Å². The highest BCUT2D eigenvalue weighted by atomic mass is 16.5. The number of hydrogen-bond acceptors (Lipinski definition) is 4. The maximum Gasteiger partial charge on any atom is 0.194 e. The second-order valence-corrected chi connectivity index (χ2v) is 5.73. The molecule has 0 aliphatic carbocycles. The number of ether oxygens (including phenoxy) is 1. The maximum absolute atomic E-state index is 12.6. The number of morpholine rings is 1. The van der Waals surface area contributed by atoms with Gasteiger partial charge in [0.1, 0.15) is 6.10 Å². The van der Waals surface area contributed by atoms with Crippen molar-refractivity contribution in [2.45, 2.75) is 26.0 Å². The van der Waals surface area contributed by atoms with E-state index in [4.69, 9.17) is 4.74 Å². The van der Waals surface area contributed by atoms with Crippen molar-refractivity contribution in [3.63, 3.8) is 0 Å². The number of pyridine rings is 1. The van der Waals surface area contributed by atoms with Crippen LogP contribution in [0.15, 0.2) is 36.5 Å². The number of ketones is 1. The normalized spacial score (nSPS) is 20.0. The molecule has 1 aliphatic rings. The van der Waals surface area contributed by atoms with Gasteiger partial charge in [0.15, 0.2) is 5.78 Å². The molecule has 1 aliphatic heterocycles. The molecule has 0 saturated carbocycles. The third-order valence-corrected chi connectivity index (χ3v) is 4.00. The van der Waals surface area contributed by atoms with Crippen LogP contribution >= 0.6 is 0 Å². The van der Waals surface area contributed by atoms with E-state index in [-0.39, 0.29) is 11.9 Å². The summed E-state index contributed by atoms with van der Waals surface area (Å²) in [7, 11) is 0. The molecule has 1 atom stereocenters. The summed E-state index contributed by atoms with van der Waals surface area (Å²) in [6, 6.07) is 10.2. The van der Waals surface area contributed by atoms with Crippen molar-refractivity contribution < 1.29 is 9.53 Å². The van der Waals surface area contributed by atoms with Crippen LogP contribution in [-0.2, 0) is 4.74 Å². The molecule has 110 valence electrons. The number of fused-ring (bicyclic) bond motifs is 1. The van der Waals surface area contributed by atoms with Crippen molar-refractivity contribution in [2.75, 3.05) is 19.7 Å². The molecule has 2 heterocycles. The van der Waals surface area contributed by atoms with E-state index in [0.717, 1.165) is 17.4 Å². The van der Waals surface area contributed by atoms with Gasteiger partial charge < -0.3 is 4.74 Å². The molecule has 1 unspecified atom stereocenters. The second kappa shape index (κ2) is 5.92. The Morgan fingerprint density at radius 2 is 2.19 bits per heavy atom. The van der Waals surface area contributed by atoms with E-state index < -0.39 is 0 Å². The summed E-state index contributed by atoms with van der Waals surface area (Å²) in [4.78, 5) is 19.3. The molecule has 0 bridgehead atoms. The molecule has 1 aromatic carbocycles. The van der Waals surface area contributed by atoms with Gasteiger partial charge in [-0.05, 0) is 26.0 Å². The van der Waals surface area contributed by atoms with Gasteiger partial charge in [-0.3, -0.25) is 14.7 Å². The molecule has 2 aromatic rings. The first-order valence-corrected chi connectivity index (χ1v) is 7.40. The molecule has 21 heavy (non-hydrogen) atoms. The summed E-state index contributed by atoms with van der Waals surface area (Å²) in [5, 5.41) is 0.986. The van der Waals surface area contributed by atoms with Crippen molar-refractivity contribution in [2.24, 2.45) is 0 Å². The highest BCUT2D eigenvalue weighted by molar-refractivity contribution is 6.01. The van der Waals surface area contributed by atoms with Crippen molar-refractivity contribution >= 4 is 16.7 Å². The number of Topliss-reactive ketones (excluding diaryl/α,β-unsaturated/α-hetero) is 1. The lowest BCUT2D eigenvalue weighted by Gasteiger charge is -2.34. The average Bonchev–Trinajstić information content (AvgIpc) is 2.53. The Morgan fingerprint density at radius 1 is 1.38 bits per heavy atom. The van der Waals surface area contributed by atoms with Crippen molar-refractivity contribution in [3.05, 3.63) is 42.1 Å². The Kier molecular flexibility index (Phi) is 3.99. The molecule has 1 fully saturated rings. The van der Waals surface area contributed by atoms with Gasteiger partial charge in [0, 0.05) is 36.3 Å². The average molecular weight is 284 g/mol. The predicted molar refractivity (Wildman–Crippen MR) is 82.5 cm³/mol. The highest BCUT2D eigenvalue weighted by Crippen LogP contribution is 2.17. The SMILES string of the molecule is CC(C)N1CCOC(C(=O)c2cnc3ccccc3c2)C1. The van der Waals surface area contributed by atoms with E-state index in [1.165, 1.54) is 0 Å². The van der Waals surface area contributed by atoms with Crippen LogP contribution in [0.4, 0.5) is 0 Å². The molecule has 3 rings (SSSR count). The number of carbonyl (C=O) groups is 1. The van der Waals surface area contributed by atoms with Gasteiger partial charge in [0.25, 0.3) is 0 Å². The minimum Gasteiger partial charge on any atom is -0.367 e. The summed E-state index contributed by atoms with van der Waals surface area (Å²) in [6.45, 7) is 6.44. The van der Waals surface area contributed by atoms with Gasteiger partial charge >= 0.3 is 0 Å². The largest absolute Gasteiger partial charge is 0.367 e. The fourth-order valence-corrected chi connectivity index (χ4v) is 2.69. The number of aromatic nitrogens is 1. The molecule has 1 saturated heterocycles. The van der Waals surface area contributed by atoms with Crippen LogP contribution in [0.2, 0.25) is 0 Å². The molecule has 0 radical (unpaired) electrons. The van der Waals surface area contributed by atoms with Crippen LogP contribution in [0.25, 0.3) is 10.9 Å². The van der Waals surface area contributed by atoms with Gasteiger partial charge in [-0.15, -0.1) is 0 Å². The fraction of sp³-hybridized carbons (Fsp3) is 0.412. The van der Waals surface area contributed by atoms with Gasteiger partial charge in [0.2, 0.25) is 0 Å². The molecule has 0 amide bonds. The van der Waals surface area contributed by atoms with Crippen molar-refractivity contribution in [1.82, 2.24) is 9.88 Å². The second-order valence-electron chi connectivity index (χ2n) is 5.73. The Morgan fingerprint density at radius 3 is 3.00 bits per heavy atom. The van der Waals surface area contributed by atoms with Crippen molar-refractivity contribution in [3.8, 4) is 0 Å². The third-order valence-electron chi connectivity index (χ3n) is 4.00. The zero-order valence-electron chi connectivity index (χ0n) is 12.5. The highest BCUT2D eigenvalue weighted by Gasteiger charge is 2.28. The number of benzene rings is 1. The van der Waals surface area contributed by atoms with Crippen molar-refractivity contribution in [1.29, 1.82) is 0 Å². The predicted octanol–water partition coefficient (Wildman–Crippen LogP) is 2.53. The summed E-state index contributed by atoms with van der Waals surface area (Å²) in [5.41, 5.74) is 1.53. The lowest BCUT2D eigenvalue weighted by atomic mass is 10.0. The standard InChI is InChI=1S/C17H20N2O2/c1-12(2)19-7-8-21-16(11-19)17(20)14-9-13-5-3-4-6-15(13)18-10-14/h3-6,9-10,12,16H,7-8,11H2,1-2H3. The van der Waals surface area contributed by atoms with E-state index >= 15 is 0 Å². The fourth-order valence-electron chi connectivity index (χ4n) is 2.69. The molecule has 0 N–H and O–H groups in total. The minimum absolute atomic E-state index is 0.0265. The van der Waals surface area contributed by atoms with Crippen LogP contribution < -0.4 is 0 Å². The molecular weight excluding hydrogens is 264 g/mol. The van der Waals surface area contributed by atoms with E-state index in [0.29, 0.717) is 24.8 Å². The summed E-state index contributed by atoms with van der Waals surface area (Å²) in [6.07, 6.45) is 1.27. The Hall–Kier alpha value is -1.78. The van der Waals surface area contributed by atoms with Gasteiger partial charge in [-0.2, -0.15) is 0 Å². The van der Waals surface area contributed by atoms with Crippen LogP contribution in [0.1, 0.15) is 24.2 Å². The first-order chi connectivity index (χ1) is 10.1. The molecule has 4 heteroatoms. The Balaban J connectivity index is 1.82. The minimum atomic E-state index is -0.385. The quantitative estimate of drug-likeness (QED) is 0.812. The molecular formula is C17H20N2O2. The first kappa shape index (κ1) is 14.2. The molecule has 1 aromatic heterocycles. The van der Waals surface area contributed by atoms with Gasteiger partial charge in [-0.1, -0.05) is 18.2 Å². The lowest BCUT2D eigenvalue weighted by molar-refractivity contribution is -0.0256. The molecule has 0 spiro atoms. The first-order valence-electron chi connectivity index (χ1n) is 7.40. The smallest absolute Gasteiger partial charge is 0.194 e. The summed E-state index contributed by atoms with van der Waals surface area (Å²) >= 11 is 0. The Bertz CT molecular complexity index is 654. The zero-order chi connectivity index (χ0) is 14.8. The van der Waals surface area contributed by atoms with E-state index in [1.54, 1.807) is 6.20 Å². The van der Waals surface area contributed by atoms with E-state index in [2.05, 4.69) is 23.7 Å². The number of rotatable bonds is 3. The van der Waals surface area contributed by atoms with Crippen LogP contribution in [0.3, 0.4) is 0 Å². The van der Waals surface area contributed by atoms with Gasteiger partial charge in [0.05, 0.1) is 12.1 Å². The monoisotopic (exact) mass is 284 g/mol. The van der Waals surface area contributed by atoms with Crippen LogP contribution in [0.5, 0.6) is 0 Å². The Labute approximate surface area is 124 Å². The van der Waals surface area contributed by atoms with Crippen LogP contribution in [0, 0.1) is 0 Å². The van der Waals surface area contributed by atoms with Crippen LogP contribution in [-0.4, -0.2) is 47.5 Å². The third kappa shape index (κ3) is 2.96. The summed E-state index contributed by atoms with van der Waals surface area (Å²) in [5.74, 6) is 0.0265. The number of hydrogen-bond donors (Lipinski definition) is 0. The van der Waals surface area contributed by atoms with E-state index in [1.807, 2.05) is 30.3 Å². The number of carbonyl (C=O) groups excluding carboxylic acids is 1. The van der Waals surface area contributed by atoms with E-state index in [9.17, 15) is 4.79 Å². The number of nitrogens with zero attached hydrogens (tertiary/aromatic N) is 2. The molecule has 4 nitrogen and oxygen atoms in total. The van der Waals surface area contributed by atoms with Gasteiger partial charge in [-0.25, -0.2) is 0 Å². The summed E-state index contributed by atoms with van der Waals surface area (Å²) < 4.78 is 5.67. The zero-order valence-corrected chi connectivity index (χ0v) is 12.5. The lowest BCUT2D eigenvalue weighted by Crippen LogP contribution is -2.48. The maximum atomic E-state index is 12.6. The number of para-hydroxylation sites is 1.